The number of carbonyl (C=O) groups excluding carboxylic acids is 3. The maximum absolute atomic E-state index is 12.1. The molecule has 9 aliphatic heterocycles. The second kappa shape index (κ2) is 50.3. The fraction of sp³-hybridized carbons (Fsp3) is 0.967. The van der Waals surface area contributed by atoms with Gasteiger partial charge in [-0.3, -0.25) is 14.4 Å². The van der Waals surface area contributed by atoms with Crippen molar-refractivity contribution in [2.24, 2.45) is 72.4 Å². The van der Waals surface area contributed by atoms with Crippen molar-refractivity contribution in [3.8, 4) is 0 Å². The Bertz CT molecular complexity index is 2630. The second-order valence-electron chi connectivity index (χ2n) is 43.8. The molecule has 113 heavy (non-hydrogen) atoms. The number of amides is 3. The van der Waals surface area contributed by atoms with Crippen molar-refractivity contribution in [1.82, 2.24) is 33.7 Å². The molecule has 0 spiro atoms. The third kappa shape index (κ3) is 45.4. The molecule has 21 heteroatoms. The Morgan fingerprint density at radius 2 is 0.717 bits per heavy atom. The molecule has 9 aliphatic rings. The fourth-order valence-corrected chi connectivity index (χ4v) is 16.1. The molecule has 6 atom stereocenters. The third-order valence-corrected chi connectivity index (χ3v) is 25.4. The number of nitrogens with zero attached hydrogens (tertiary/aromatic N) is 7. The van der Waals surface area contributed by atoms with E-state index in [4.69, 9.17) is 33.2 Å². The van der Waals surface area contributed by atoms with Crippen LogP contribution in [0.3, 0.4) is 0 Å². The van der Waals surface area contributed by atoms with E-state index in [1.54, 1.807) is 14.0 Å². The SMILES string of the molecule is CC(=O)N1CCOC(C(C)(C)C)C1.CC(C)(C)C1CCCCO1.CC(C)(C)C1CCCCO1.CC(C)(C)C1CCN(CCF)CC1.CC(C)(C)C1CN(S(C)(=O)=O)CCO1.CC(C)C(=O)N1CCOC(C(C)(C)C)C1.CCN1CCC(C(C)(C)C)CC1.CN1CCC(C(C)(C)C)CC1.COCC(=O)N1CCOC(C(C)(C)C)C1. The van der Waals surface area contributed by atoms with Gasteiger partial charge in [-0.1, -0.05) is 208 Å². The lowest BCUT2D eigenvalue weighted by molar-refractivity contribution is -0.147. The van der Waals surface area contributed by atoms with Crippen LogP contribution in [0.4, 0.5) is 4.39 Å². The molecule has 0 N–H and O–H groups in total. The zero-order valence-electron chi connectivity index (χ0n) is 80.0. The van der Waals surface area contributed by atoms with Gasteiger partial charge < -0.3 is 62.6 Å². The first-order chi connectivity index (χ1) is 51.7. The van der Waals surface area contributed by atoms with Crippen LogP contribution in [-0.2, 0) is 57.6 Å². The van der Waals surface area contributed by atoms with E-state index in [0.29, 0.717) is 98.4 Å². The highest BCUT2D eigenvalue weighted by atomic mass is 32.2. The van der Waals surface area contributed by atoms with E-state index in [1.165, 1.54) is 120 Å². The maximum Gasteiger partial charge on any atom is 0.248 e. The lowest BCUT2D eigenvalue weighted by Gasteiger charge is -2.40. The van der Waals surface area contributed by atoms with Gasteiger partial charge in [0.15, 0.2) is 0 Å². The summed E-state index contributed by atoms with van der Waals surface area (Å²) in [5.74, 6) is 3.24. The van der Waals surface area contributed by atoms with Crippen molar-refractivity contribution in [3.05, 3.63) is 0 Å². The predicted octanol–water partition coefficient (Wildman–Crippen LogP) is 17.9. The van der Waals surface area contributed by atoms with E-state index in [1.807, 2.05) is 28.5 Å². The summed E-state index contributed by atoms with van der Waals surface area (Å²) in [4.78, 5) is 47.4. The van der Waals surface area contributed by atoms with Gasteiger partial charge in [-0.2, -0.15) is 4.31 Å². The average molecular weight is 1630 g/mol. The van der Waals surface area contributed by atoms with Crippen LogP contribution in [-0.4, -0.2) is 275 Å². The second-order valence-corrected chi connectivity index (χ2v) is 45.8. The van der Waals surface area contributed by atoms with Crippen LogP contribution < -0.4 is 0 Å². The van der Waals surface area contributed by atoms with Crippen LogP contribution in [0.5, 0.6) is 0 Å². The number of hydrogen-bond donors (Lipinski definition) is 0. The summed E-state index contributed by atoms with van der Waals surface area (Å²) in [6.07, 6.45) is 18.5. The minimum Gasteiger partial charge on any atom is -0.378 e. The van der Waals surface area contributed by atoms with Crippen LogP contribution in [0.2, 0.25) is 0 Å². The first-order valence-corrected chi connectivity index (χ1v) is 46.2. The van der Waals surface area contributed by atoms with E-state index in [-0.39, 0.29) is 83.0 Å². The summed E-state index contributed by atoms with van der Waals surface area (Å²) in [6, 6.07) is 0. The number of halogens is 1. The van der Waals surface area contributed by atoms with Gasteiger partial charge in [0, 0.05) is 92.1 Å². The van der Waals surface area contributed by atoms with Crippen molar-refractivity contribution >= 4 is 27.7 Å². The Kier molecular flexibility index (Phi) is 48.5. The standard InChI is InChI=1S/C12H23NO2.C11H22FN.C11H21NO3.C11H23N.C10H19NO2.C10H21N.C9H19NO3S.2C9H18O/c1-9(2)11(14)13-6-7-15-10(8-13)12(3,4)5;1-11(2,3)10-4-7-13(8-5-10)9-6-12;1-11(2,3)9-7-12(5-6-15-9)10(13)8-14-4;1-5-12-8-6-10(7-9-12)11(2,3)4;1-8(12)11-5-6-13-9(7-11)10(2,3)4;1-10(2,3)9-5-7-11(4)8-6-9;1-9(2,3)8-7-10(5-6-13-8)14(4,11)12;2*1-9(2,3)8-6-4-5-7-10-8/h9-10H,6-8H2,1-5H3;10H,4-9H2,1-3H3;9H,5-8H2,1-4H3;10H,5-9H2,1-4H3;9H,5-7H2,1-4H3;9H,5-8H2,1-4H3;8H,5-7H2,1-4H3;2*8H,4-7H2,1-3H3. The van der Waals surface area contributed by atoms with E-state index in [9.17, 15) is 27.2 Å². The zero-order chi connectivity index (χ0) is 87.0. The third-order valence-electron chi connectivity index (χ3n) is 24.1. The molecule has 3 amide bonds. The maximum atomic E-state index is 12.1. The number of ether oxygens (including phenoxy) is 7. The molecular formula is C92H184FN7O12S. The van der Waals surface area contributed by atoms with E-state index in [2.05, 4.69) is 216 Å². The number of carbonyl (C=O) groups is 3. The van der Waals surface area contributed by atoms with Gasteiger partial charge >= 0.3 is 0 Å². The van der Waals surface area contributed by atoms with E-state index < -0.39 is 10.0 Å². The fourth-order valence-electron chi connectivity index (χ4n) is 15.2. The Balaban J connectivity index is 0.000000638. The molecule has 9 heterocycles. The van der Waals surface area contributed by atoms with Crippen LogP contribution >= 0.6 is 0 Å². The Morgan fingerprint density at radius 3 is 1.01 bits per heavy atom. The molecule has 9 fully saturated rings. The van der Waals surface area contributed by atoms with Crippen molar-refractivity contribution < 1.29 is 60.3 Å². The first kappa shape index (κ1) is 109. The summed E-state index contributed by atoms with van der Waals surface area (Å²) >= 11 is 0. The molecule has 0 aromatic heterocycles. The van der Waals surface area contributed by atoms with Gasteiger partial charge in [0.2, 0.25) is 27.7 Å². The molecular weight excluding hydrogens is 1450 g/mol. The smallest absolute Gasteiger partial charge is 0.248 e. The average Bonchev–Trinajstić information content (AvgIpc) is 0.830. The number of piperidine rings is 3. The molecule has 6 unspecified atom stereocenters. The number of sulfonamides is 1. The minimum absolute atomic E-state index is 0.00836. The molecule has 19 nitrogen and oxygen atoms in total. The predicted molar refractivity (Wildman–Crippen MR) is 470 cm³/mol. The largest absolute Gasteiger partial charge is 0.378 e. The van der Waals surface area contributed by atoms with Crippen LogP contribution in [0, 0.1) is 72.4 Å². The molecule has 0 aromatic rings. The summed E-state index contributed by atoms with van der Waals surface area (Å²) in [5.41, 5.74) is 2.48. The number of morpholine rings is 4. The van der Waals surface area contributed by atoms with Crippen molar-refractivity contribution in [3.63, 3.8) is 0 Å². The van der Waals surface area contributed by atoms with Gasteiger partial charge in [-0.05, 0) is 196 Å². The summed E-state index contributed by atoms with van der Waals surface area (Å²) in [7, 11) is 0.697. The minimum atomic E-state index is -3.07. The highest BCUT2D eigenvalue weighted by Crippen LogP contribution is 2.38. The number of hydrogen-bond acceptors (Lipinski definition) is 15. The summed E-state index contributed by atoms with van der Waals surface area (Å²) < 4.78 is 74.9. The monoisotopic (exact) mass is 1630 g/mol. The van der Waals surface area contributed by atoms with Crippen molar-refractivity contribution in [2.75, 3.05) is 178 Å². The molecule has 9 rings (SSSR count). The van der Waals surface area contributed by atoms with Crippen LogP contribution in [0.25, 0.3) is 0 Å². The first-order valence-electron chi connectivity index (χ1n) is 44.3. The molecule has 0 aromatic carbocycles. The van der Waals surface area contributed by atoms with Crippen molar-refractivity contribution in [1.29, 1.82) is 0 Å². The van der Waals surface area contributed by atoms with Crippen LogP contribution in [0.1, 0.15) is 292 Å². The number of alkyl halides is 1. The number of methoxy groups -OCH3 is 1. The van der Waals surface area contributed by atoms with E-state index in [0.717, 1.165) is 70.2 Å². The van der Waals surface area contributed by atoms with Gasteiger partial charge in [0.25, 0.3) is 0 Å². The van der Waals surface area contributed by atoms with E-state index >= 15 is 0 Å². The Labute approximate surface area is 696 Å². The molecule has 0 bridgehead atoms. The summed E-state index contributed by atoms with van der Waals surface area (Å²) in [6.45, 7) is 86.8. The molecule has 0 radical (unpaired) electrons. The van der Waals surface area contributed by atoms with Gasteiger partial charge in [-0.25, -0.2) is 12.8 Å². The quantitative estimate of drug-likeness (QED) is 0.235. The summed E-state index contributed by atoms with van der Waals surface area (Å²) in [5, 5.41) is 0. The normalized spacial score (nSPS) is 24.6. The molecule has 9 saturated heterocycles. The lowest BCUT2D eigenvalue weighted by atomic mass is 9.75. The highest BCUT2D eigenvalue weighted by Gasteiger charge is 2.38. The molecule has 0 saturated carbocycles. The lowest BCUT2D eigenvalue weighted by Crippen LogP contribution is -2.51. The topological polar surface area (TPSA) is 173 Å². The van der Waals surface area contributed by atoms with Gasteiger partial charge in [-0.15, -0.1) is 0 Å². The van der Waals surface area contributed by atoms with Crippen molar-refractivity contribution in [2.45, 2.75) is 328 Å². The Hall–Kier alpha value is -2.15. The number of rotatable bonds is 7. The number of likely N-dealkylation sites (tertiary alicyclic amines) is 3. The highest BCUT2D eigenvalue weighted by molar-refractivity contribution is 7.88. The Morgan fingerprint density at radius 1 is 0.407 bits per heavy atom. The van der Waals surface area contributed by atoms with Gasteiger partial charge in [0.1, 0.15) is 13.3 Å². The van der Waals surface area contributed by atoms with Crippen LogP contribution in [0.15, 0.2) is 0 Å². The molecule has 0 aliphatic carbocycles. The zero-order valence-corrected chi connectivity index (χ0v) is 80.9. The molecule has 672 valence electrons. The van der Waals surface area contributed by atoms with Gasteiger partial charge in [0.05, 0.1) is 69.3 Å².